The summed E-state index contributed by atoms with van der Waals surface area (Å²) in [5.41, 5.74) is 0.293. The Hall–Kier alpha value is -1.86. The Morgan fingerprint density at radius 3 is 2.35 bits per heavy atom. The smallest absolute Gasteiger partial charge is 0.313 e. The summed E-state index contributed by atoms with van der Waals surface area (Å²) in [6, 6.07) is 8.45. The van der Waals surface area contributed by atoms with Gasteiger partial charge in [-0.3, -0.25) is 9.59 Å². The largest absolute Gasteiger partial charge is 0.495 e. The SMILES string of the molecule is COc1cc(C(=O)Nc2ccc(C(C)(C)C(=O)O)cc2)sc1Br. The van der Waals surface area contributed by atoms with Gasteiger partial charge in [0, 0.05) is 11.8 Å². The molecule has 7 heteroatoms. The van der Waals surface area contributed by atoms with Crippen LogP contribution in [-0.4, -0.2) is 24.1 Å². The van der Waals surface area contributed by atoms with Gasteiger partial charge >= 0.3 is 5.97 Å². The first-order valence-corrected chi connectivity index (χ1v) is 8.35. The number of hydrogen-bond acceptors (Lipinski definition) is 4. The second-order valence-corrected chi connectivity index (χ2v) is 7.78. The van der Waals surface area contributed by atoms with Crippen LogP contribution in [0.15, 0.2) is 34.1 Å². The number of nitrogens with one attached hydrogen (secondary N) is 1. The molecule has 1 heterocycles. The Kier molecular flexibility index (Phi) is 5.11. The highest BCUT2D eigenvalue weighted by atomic mass is 79.9. The lowest BCUT2D eigenvalue weighted by molar-refractivity contribution is -0.142. The normalized spacial score (nSPS) is 11.1. The first-order chi connectivity index (χ1) is 10.8. The van der Waals surface area contributed by atoms with Crippen molar-refractivity contribution in [2.75, 3.05) is 12.4 Å². The second-order valence-electron chi connectivity index (χ2n) is 5.41. The van der Waals surface area contributed by atoms with Crippen LogP contribution in [0.4, 0.5) is 5.69 Å². The van der Waals surface area contributed by atoms with E-state index in [0.29, 0.717) is 21.9 Å². The number of thiophene rings is 1. The van der Waals surface area contributed by atoms with E-state index in [2.05, 4.69) is 21.2 Å². The van der Waals surface area contributed by atoms with E-state index in [-0.39, 0.29) is 5.91 Å². The molecule has 0 atom stereocenters. The molecule has 2 rings (SSSR count). The summed E-state index contributed by atoms with van der Waals surface area (Å²) in [5.74, 6) is -0.534. The van der Waals surface area contributed by atoms with Crippen LogP contribution >= 0.6 is 27.3 Å². The van der Waals surface area contributed by atoms with Crippen LogP contribution in [-0.2, 0) is 10.2 Å². The van der Waals surface area contributed by atoms with Crippen molar-refractivity contribution in [3.63, 3.8) is 0 Å². The van der Waals surface area contributed by atoms with Gasteiger partial charge in [-0.25, -0.2) is 0 Å². The van der Waals surface area contributed by atoms with E-state index in [9.17, 15) is 14.7 Å². The lowest BCUT2D eigenvalue weighted by Crippen LogP contribution is -2.28. The number of ether oxygens (including phenoxy) is 1. The zero-order valence-corrected chi connectivity index (χ0v) is 15.2. The highest BCUT2D eigenvalue weighted by Crippen LogP contribution is 2.34. The van der Waals surface area contributed by atoms with E-state index in [1.165, 1.54) is 18.4 Å². The molecule has 0 aliphatic carbocycles. The van der Waals surface area contributed by atoms with Gasteiger partial charge in [0.2, 0.25) is 0 Å². The van der Waals surface area contributed by atoms with Gasteiger partial charge in [0.05, 0.1) is 17.4 Å². The molecule has 1 aromatic carbocycles. The zero-order valence-electron chi connectivity index (χ0n) is 12.8. The van der Waals surface area contributed by atoms with Crippen molar-refractivity contribution in [3.05, 3.63) is 44.6 Å². The van der Waals surface area contributed by atoms with Crippen LogP contribution < -0.4 is 10.1 Å². The molecule has 0 unspecified atom stereocenters. The molecular weight excluding hydrogens is 382 g/mol. The molecule has 0 fully saturated rings. The Bertz CT molecular complexity index is 737. The molecule has 0 bridgehead atoms. The lowest BCUT2D eigenvalue weighted by atomic mass is 9.85. The topological polar surface area (TPSA) is 75.6 Å². The standard InChI is InChI=1S/C16H16BrNO4S/c1-16(2,15(20)21)9-4-6-10(7-5-9)18-14(19)12-8-11(22-3)13(17)23-12/h4-8H,1-3H3,(H,18,19)(H,20,21). The number of halogens is 1. The first-order valence-electron chi connectivity index (χ1n) is 6.74. The van der Waals surface area contributed by atoms with Gasteiger partial charge in [0.15, 0.2) is 0 Å². The maximum atomic E-state index is 12.2. The van der Waals surface area contributed by atoms with Crippen LogP contribution in [0, 0.1) is 0 Å². The van der Waals surface area contributed by atoms with Crippen molar-refractivity contribution >= 4 is 44.8 Å². The maximum Gasteiger partial charge on any atom is 0.313 e. The number of amides is 1. The Morgan fingerprint density at radius 1 is 1.26 bits per heavy atom. The van der Waals surface area contributed by atoms with Gasteiger partial charge < -0.3 is 15.2 Å². The number of hydrogen-bond donors (Lipinski definition) is 2. The minimum Gasteiger partial charge on any atom is -0.495 e. The summed E-state index contributed by atoms with van der Waals surface area (Å²) in [5, 5.41) is 12.0. The van der Waals surface area contributed by atoms with Crippen LogP contribution in [0.1, 0.15) is 29.1 Å². The summed E-state index contributed by atoms with van der Waals surface area (Å²) in [6.07, 6.45) is 0. The minimum absolute atomic E-state index is 0.246. The highest BCUT2D eigenvalue weighted by molar-refractivity contribution is 9.11. The van der Waals surface area contributed by atoms with E-state index in [1.54, 1.807) is 44.2 Å². The average Bonchev–Trinajstić information content (AvgIpc) is 2.89. The lowest BCUT2D eigenvalue weighted by Gasteiger charge is -2.19. The number of aliphatic carboxylic acids is 1. The summed E-state index contributed by atoms with van der Waals surface area (Å²) >= 11 is 4.61. The molecule has 0 aliphatic heterocycles. The fraction of sp³-hybridized carbons (Fsp3) is 0.250. The second kappa shape index (κ2) is 6.72. The van der Waals surface area contributed by atoms with Gasteiger partial charge in [-0.2, -0.15) is 0 Å². The van der Waals surface area contributed by atoms with Crippen LogP contribution in [0.3, 0.4) is 0 Å². The minimum atomic E-state index is -0.978. The van der Waals surface area contributed by atoms with E-state index < -0.39 is 11.4 Å². The molecule has 1 aromatic heterocycles. The number of carboxylic acids is 1. The van der Waals surface area contributed by atoms with E-state index in [1.807, 2.05) is 0 Å². The van der Waals surface area contributed by atoms with E-state index in [4.69, 9.17) is 4.74 Å². The summed E-state index contributed by atoms with van der Waals surface area (Å²) in [4.78, 5) is 24.0. The van der Waals surface area contributed by atoms with Crippen molar-refractivity contribution in [1.82, 2.24) is 0 Å². The fourth-order valence-electron chi connectivity index (χ4n) is 1.89. The third kappa shape index (κ3) is 3.73. The number of methoxy groups -OCH3 is 1. The Morgan fingerprint density at radius 2 is 1.87 bits per heavy atom. The molecule has 2 N–H and O–H groups in total. The molecule has 0 radical (unpaired) electrons. The molecule has 0 spiro atoms. The first kappa shape index (κ1) is 17.5. The van der Waals surface area contributed by atoms with Crippen molar-refractivity contribution < 1.29 is 19.4 Å². The fourth-order valence-corrected chi connectivity index (χ4v) is 3.43. The Balaban J connectivity index is 2.14. The zero-order chi connectivity index (χ0) is 17.2. The summed E-state index contributed by atoms with van der Waals surface area (Å²) < 4.78 is 5.88. The predicted octanol–water partition coefficient (Wildman–Crippen LogP) is 4.13. The van der Waals surface area contributed by atoms with Gasteiger partial charge in [-0.15, -0.1) is 11.3 Å². The summed E-state index contributed by atoms with van der Waals surface area (Å²) in [7, 11) is 1.54. The quantitative estimate of drug-likeness (QED) is 0.794. The summed E-state index contributed by atoms with van der Waals surface area (Å²) in [6.45, 7) is 3.27. The number of carbonyl (C=O) groups is 2. The highest BCUT2D eigenvalue weighted by Gasteiger charge is 2.29. The molecular formula is C16H16BrNO4S. The maximum absolute atomic E-state index is 12.2. The number of anilines is 1. The number of benzene rings is 1. The number of carbonyl (C=O) groups excluding carboxylic acids is 1. The van der Waals surface area contributed by atoms with Gasteiger partial charge in [0.25, 0.3) is 5.91 Å². The van der Waals surface area contributed by atoms with Gasteiger partial charge in [0.1, 0.15) is 9.54 Å². The molecule has 5 nitrogen and oxygen atoms in total. The molecule has 0 aliphatic rings. The molecule has 122 valence electrons. The predicted molar refractivity (Wildman–Crippen MR) is 93.6 cm³/mol. The molecule has 0 saturated heterocycles. The third-order valence-corrected chi connectivity index (χ3v) is 5.28. The van der Waals surface area contributed by atoms with Gasteiger partial charge in [-0.1, -0.05) is 12.1 Å². The van der Waals surface area contributed by atoms with Crippen molar-refractivity contribution in [1.29, 1.82) is 0 Å². The van der Waals surface area contributed by atoms with Crippen LogP contribution in [0.5, 0.6) is 5.75 Å². The van der Waals surface area contributed by atoms with Crippen molar-refractivity contribution in [3.8, 4) is 5.75 Å². The molecule has 2 aromatic rings. The number of carboxylic acid groups (broad SMARTS) is 1. The van der Waals surface area contributed by atoms with Gasteiger partial charge in [-0.05, 0) is 47.5 Å². The van der Waals surface area contributed by atoms with Crippen molar-refractivity contribution in [2.24, 2.45) is 0 Å². The average molecular weight is 398 g/mol. The van der Waals surface area contributed by atoms with Crippen molar-refractivity contribution in [2.45, 2.75) is 19.3 Å². The molecule has 23 heavy (non-hydrogen) atoms. The third-order valence-electron chi connectivity index (χ3n) is 3.50. The van der Waals surface area contributed by atoms with E-state index >= 15 is 0 Å². The van der Waals surface area contributed by atoms with E-state index in [0.717, 1.165) is 3.79 Å². The monoisotopic (exact) mass is 397 g/mol. The Labute approximate surface area is 146 Å². The van der Waals surface area contributed by atoms with Crippen LogP contribution in [0.2, 0.25) is 0 Å². The molecule has 0 saturated carbocycles. The molecule has 1 amide bonds. The van der Waals surface area contributed by atoms with Crippen LogP contribution in [0.25, 0.3) is 0 Å². The number of rotatable bonds is 5.